The van der Waals surface area contributed by atoms with Crippen LogP contribution in [-0.2, 0) is 6.42 Å². The summed E-state index contributed by atoms with van der Waals surface area (Å²) < 4.78 is 26.1. The predicted molar refractivity (Wildman–Crippen MR) is 48.6 cm³/mol. The maximum absolute atomic E-state index is 13.2. The highest BCUT2D eigenvalue weighted by Crippen LogP contribution is 2.17. The van der Waals surface area contributed by atoms with Crippen LogP contribution in [0.1, 0.15) is 11.1 Å². The summed E-state index contributed by atoms with van der Waals surface area (Å²) in [6.07, 6.45) is 0.388. The van der Waals surface area contributed by atoms with Gasteiger partial charge in [-0.2, -0.15) is 0 Å². The molecule has 1 rings (SSSR count). The molecule has 0 aliphatic carbocycles. The highest BCUT2D eigenvalue weighted by molar-refractivity contribution is 9.09. The molecule has 0 saturated carbocycles. The van der Waals surface area contributed by atoms with Gasteiger partial charge < -0.3 is 0 Å². The highest BCUT2D eigenvalue weighted by atomic mass is 79.9. The molecule has 0 spiro atoms. The van der Waals surface area contributed by atoms with Crippen molar-refractivity contribution in [3.05, 3.63) is 34.9 Å². The molecule has 0 fully saturated rings. The molecule has 1 aromatic carbocycles. The molecule has 0 nitrogen and oxygen atoms in total. The molecule has 0 N–H and O–H groups in total. The van der Waals surface area contributed by atoms with E-state index >= 15 is 0 Å². The zero-order valence-electron chi connectivity index (χ0n) is 6.70. The lowest BCUT2D eigenvalue weighted by atomic mass is 10.1. The first kappa shape index (κ1) is 9.65. The third kappa shape index (κ3) is 1.83. The Bertz CT molecular complexity index is 284. The van der Waals surface area contributed by atoms with Crippen molar-refractivity contribution in [1.29, 1.82) is 0 Å². The van der Waals surface area contributed by atoms with Crippen molar-refractivity contribution in [3.8, 4) is 0 Å². The average Bonchev–Trinajstić information content (AvgIpc) is 2.06. The van der Waals surface area contributed by atoms with Gasteiger partial charge in [-0.05, 0) is 25.0 Å². The van der Waals surface area contributed by atoms with Crippen molar-refractivity contribution in [2.24, 2.45) is 0 Å². The summed E-state index contributed by atoms with van der Waals surface area (Å²) in [7, 11) is 0. The maximum Gasteiger partial charge on any atom is 0.132 e. The number of hydrogen-bond donors (Lipinski definition) is 0. The van der Waals surface area contributed by atoms with Crippen molar-refractivity contribution in [1.82, 2.24) is 0 Å². The van der Waals surface area contributed by atoms with Crippen molar-refractivity contribution in [2.45, 2.75) is 13.3 Å². The fourth-order valence-electron chi connectivity index (χ4n) is 1.04. The second-order valence-corrected chi connectivity index (χ2v) is 3.39. The minimum absolute atomic E-state index is 0.173. The first-order valence-corrected chi connectivity index (χ1v) is 4.78. The first-order valence-electron chi connectivity index (χ1n) is 3.66. The van der Waals surface area contributed by atoms with Crippen LogP contribution in [0.4, 0.5) is 8.78 Å². The number of alkyl halides is 1. The predicted octanol–water partition coefficient (Wildman–Crippen LogP) is 3.21. The summed E-state index contributed by atoms with van der Waals surface area (Å²) in [6, 6.07) is 2.75. The van der Waals surface area contributed by atoms with Crippen molar-refractivity contribution in [3.63, 3.8) is 0 Å². The molecule has 0 aliphatic heterocycles. The van der Waals surface area contributed by atoms with Crippen LogP contribution in [0.2, 0.25) is 0 Å². The molecule has 0 unspecified atom stereocenters. The van der Waals surface area contributed by atoms with E-state index in [1.807, 2.05) is 0 Å². The van der Waals surface area contributed by atoms with E-state index in [-0.39, 0.29) is 5.56 Å². The summed E-state index contributed by atoms with van der Waals surface area (Å²) >= 11 is 3.15. The molecule has 0 radical (unpaired) electrons. The number of hydrogen-bond acceptors (Lipinski definition) is 0. The molecule has 66 valence electrons. The summed E-state index contributed by atoms with van der Waals surface area (Å²) in [5, 5.41) is 0.574. The lowest BCUT2D eigenvalue weighted by Crippen LogP contribution is -1.98. The number of benzene rings is 1. The van der Waals surface area contributed by atoms with E-state index in [1.54, 1.807) is 6.92 Å². The van der Waals surface area contributed by atoms with Gasteiger partial charge in [-0.25, -0.2) is 8.78 Å². The van der Waals surface area contributed by atoms with Gasteiger partial charge >= 0.3 is 0 Å². The Balaban J connectivity index is 3.14. The second kappa shape index (κ2) is 3.99. The van der Waals surface area contributed by atoms with Gasteiger partial charge in [0.1, 0.15) is 11.6 Å². The van der Waals surface area contributed by atoms with Crippen LogP contribution in [0.25, 0.3) is 0 Å². The van der Waals surface area contributed by atoms with Gasteiger partial charge in [-0.15, -0.1) is 0 Å². The van der Waals surface area contributed by atoms with E-state index in [9.17, 15) is 8.78 Å². The number of rotatable bonds is 2. The molecule has 12 heavy (non-hydrogen) atoms. The fraction of sp³-hybridized carbons (Fsp3) is 0.333. The topological polar surface area (TPSA) is 0 Å². The Kier molecular flexibility index (Phi) is 3.20. The molecule has 0 amide bonds. The van der Waals surface area contributed by atoms with Crippen LogP contribution >= 0.6 is 15.9 Å². The van der Waals surface area contributed by atoms with E-state index in [4.69, 9.17) is 0 Å². The Morgan fingerprint density at radius 3 is 2.58 bits per heavy atom. The monoisotopic (exact) mass is 234 g/mol. The largest absolute Gasteiger partial charge is 0.207 e. The third-order valence-corrected chi connectivity index (χ3v) is 2.12. The van der Waals surface area contributed by atoms with Crippen LogP contribution in [0.5, 0.6) is 0 Å². The summed E-state index contributed by atoms with van der Waals surface area (Å²) in [5.74, 6) is -0.882. The van der Waals surface area contributed by atoms with Gasteiger partial charge in [0.05, 0.1) is 0 Å². The Labute approximate surface area is 78.7 Å². The van der Waals surface area contributed by atoms with E-state index in [0.717, 1.165) is 0 Å². The lowest BCUT2D eigenvalue weighted by Gasteiger charge is -2.04. The van der Waals surface area contributed by atoms with Crippen LogP contribution < -0.4 is 0 Å². The van der Waals surface area contributed by atoms with Crippen molar-refractivity contribution >= 4 is 15.9 Å². The fourth-order valence-corrected chi connectivity index (χ4v) is 1.43. The smallest absolute Gasteiger partial charge is 0.132 e. The van der Waals surface area contributed by atoms with Crippen LogP contribution in [0.15, 0.2) is 12.1 Å². The molecule has 0 bridgehead atoms. The summed E-state index contributed by atoms with van der Waals surface area (Å²) in [4.78, 5) is 0. The standard InChI is InChI=1S/C9H9BrF2/c1-6-2-3-8(11)7(4-5-10)9(6)12/h2-3H,4-5H2,1H3. The molecular weight excluding hydrogens is 226 g/mol. The summed E-state index contributed by atoms with van der Waals surface area (Å²) in [6.45, 7) is 1.63. The zero-order chi connectivity index (χ0) is 9.14. The van der Waals surface area contributed by atoms with Crippen molar-refractivity contribution in [2.75, 3.05) is 5.33 Å². The minimum Gasteiger partial charge on any atom is -0.207 e. The molecule has 0 atom stereocenters. The van der Waals surface area contributed by atoms with Crippen LogP contribution in [0, 0.1) is 18.6 Å². The van der Waals surface area contributed by atoms with E-state index in [0.29, 0.717) is 17.3 Å². The first-order chi connectivity index (χ1) is 5.66. The van der Waals surface area contributed by atoms with Crippen molar-refractivity contribution < 1.29 is 8.78 Å². The molecule has 0 aliphatic rings. The molecule has 1 aromatic rings. The molecule has 3 heteroatoms. The average molecular weight is 235 g/mol. The minimum atomic E-state index is -0.461. The van der Waals surface area contributed by atoms with Gasteiger partial charge in [-0.3, -0.25) is 0 Å². The van der Waals surface area contributed by atoms with Gasteiger partial charge in [0.15, 0.2) is 0 Å². The highest BCUT2D eigenvalue weighted by Gasteiger charge is 2.09. The zero-order valence-corrected chi connectivity index (χ0v) is 8.29. The molecule has 0 heterocycles. The van der Waals surface area contributed by atoms with Crippen LogP contribution in [0.3, 0.4) is 0 Å². The quantitative estimate of drug-likeness (QED) is 0.690. The number of halogens is 3. The van der Waals surface area contributed by atoms with E-state index in [2.05, 4.69) is 15.9 Å². The van der Waals surface area contributed by atoms with Crippen LogP contribution in [-0.4, -0.2) is 5.33 Å². The van der Waals surface area contributed by atoms with E-state index in [1.165, 1.54) is 12.1 Å². The van der Waals surface area contributed by atoms with Gasteiger partial charge in [0.25, 0.3) is 0 Å². The Morgan fingerprint density at radius 1 is 1.33 bits per heavy atom. The van der Waals surface area contributed by atoms with E-state index < -0.39 is 11.6 Å². The second-order valence-electron chi connectivity index (χ2n) is 2.60. The molecule has 0 aromatic heterocycles. The number of aryl methyl sites for hydroxylation is 1. The molecular formula is C9H9BrF2. The SMILES string of the molecule is Cc1ccc(F)c(CCBr)c1F. The van der Waals surface area contributed by atoms with Gasteiger partial charge in [0, 0.05) is 10.9 Å². The molecule has 0 saturated heterocycles. The third-order valence-electron chi connectivity index (χ3n) is 1.72. The lowest BCUT2D eigenvalue weighted by molar-refractivity contribution is 0.554. The van der Waals surface area contributed by atoms with Gasteiger partial charge in [-0.1, -0.05) is 22.0 Å². The normalized spacial score (nSPS) is 10.3. The van der Waals surface area contributed by atoms with Gasteiger partial charge in [0.2, 0.25) is 0 Å². The Hall–Kier alpha value is -0.440. The Morgan fingerprint density at radius 2 is 2.00 bits per heavy atom. The maximum atomic E-state index is 13.2. The summed E-state index contributed by atoms with van der Waals surface area (Å²) in [5.41, 5.74) is 0.666.